The second kappa shape index (κ2) is 8.79. The van der Waals surface area contributed by atoms with Crippen molar-refractivity contribution < 1.29 is 14.3 Å². The molecule has 5 nitrogen and oxygen atoms in total. The smallest absolute Gasteiger partial charge is 0.251 e. The van der Waals surface area contributed by atoms with Crippen LogP contribution in [0.2, 0.25) is 0 Å². The first-order chi connectivity index (χ1) is 10.8. The largest absolute Gasteiger partial charge is 0.491 e. The van der Waals surface area contributed by atoms with Gasteiger partial charge in [0, 0.05) is 31.6 Å². The third-order valence-electron chi connectivity index (χ3n) is 3.07. The molecule has 0 radical (unpaired) electrons. The maximum Gasteiger partial charge on any atom is 0.251 e. The van der Waals surface area contributed by atoms with Crippen molar-refractivity contribution in [2.45, 2.75) is 6.42 Å². The zero-order chi connectivity index (χ0) is 15.6. The van der Waals surface area contributed by atoms with Crippen LogP contribution in [-0.2, 0) is 11.2 Å². The minimum Gasteiger partial charge on any atom is -0.491 e. The summed E-state index contributed by atoms with van der Waals surface area (Å²) in [6, 6.07) is 11.0. The molecule has 1 aromatic carbocycles. The van der Waals surface area contributed by atoms with E-state index in [1.165, 1.54) is 0 Å². The lowest BCUT2D eigenvalue weighted by atomic mass is 10.2. The zero-order valence-corrected chi connectivity index (χ0v) is 12.6. The predicted octanol–water partition coefficient (Wildman–Crippen LogP) is 2.08. The Bertz CT molecular complexity index is 587. The monoisotopic (exact) mass is 300 g/mol. The average molecular weight is 300 g/mol. The number of benzene rings is 1. The summed E-state index contributed by atoms with van der Waals surface area (Å²) in [6.45, 7) is 1.55. The van der Waals surface area contributed by atoms with Crippen molar-refractivity contribution >= 4 is 5.91 Å². The van der Waals surface area contributed by atoms with Crippen LogP contribution in [0.5, 0.6) is 5.75 Å². The van der Waals surface area contributed by atoms with Gasteiger partial charge in [0.15, 0.2) is 0 Å². The van der Waals surface area contributed by atoms with Gasteiger partial charge in [-0.3, -0.25) is 9.78 Å². The van der Waals surface area contributed by atoms with Crippen LogP contribution in [0.25, 0.3) is 0 Å². The van der Waals surface area contributed by atoms with Crippen LogP contribution in [-0.4, -0.2) is 37.8 Å². The second-order valence-electron chi connectivity index (χ2n) is 4.74. The van der Waals surface area contributed by atoms with Crippen LogP contribution in [0.4, 0.5) is 0 Å². The van der Waals surface area contributed by atoms with Crippen LogP contribution >= 0.6 is 0 Å². The van der Waals surface area contributed by atoms with Crippen molar-refractivity contribution in [3.8, 4) is 5.75 Å². The number of ether oxygens (including phenoxy) is 2. The molecule has 1 heterocycles. The molecule has 116 valence electrons. The number of aromatic nitrogens is 1. The van der Waals surface area contributed by atoms with E-state index in [0.29, 0.717) is 31.1 Å². The fourth-order valence-corrected chi connectivity index (χ4v) is 1.94. The minimum atomic E-state index is -0.110. The van der Waals surface area contributed by atoms with Crippen molar-refractivity contribution in [3.63, 3.8) is 0 Å². The lowest BCUT2D eigenvalue weighted by molar-refractivity contribution is 0.0953. The van der Waals surface area contributed by atoms with Gasteiger partial charge < -0.3 is 14.8 Å². The third-order valence-corrected chi connectivity index (χ3v) is 3.07. The quantitative estimate of drug-likeness (QED) is 0.758. The summed E-state index contributed by atoms with van der Waals surface area (Å²) in [7, 11) is 1.62. The van der Waals surface area contributed by atoms with E-state index in [4.69, 9.17) is 9.47 Å². The maximum absolute atomic E-state index is 12.1. The third kappa shape index (κ3) is 5.18. The zero-order valence-electron chi connectivity index (χ0n) is 12.6. The van der Waals surface area contributed by atoms with Crippen molar-refractivity contribution in [1.82, 2.24) is 10.3 Å². The van der Waals surface area contributed by atoms with Gasteiger partial charge in [-0.1, -0.05) is 12.1 Å². The average Bonchev–Trinajstić information content (AvgIpc) is 2.56. The maximum atomic E-state index is 12.1. The molecule has 0 spiro atoms. The van der Waals surface area contributed by atoms with Crippen molar-refractivity contribution in [1.29, 1.82) is 0 Å². The molecular formula is C17H20N2O3. The molecule has 0 aliphatic heterocycles. The summed E-state index contributed by atoms with van der Waals surface area (Å²) in [6.07, 6.45) is 4.29. The Morgan fingerprint density at radius 2 is 2.14 bits per heavy atom. The number of nitrogens with zero attached hydrogens (tertiary/aromatic N) is 1. The van der Waals surface area contributed by atoms with Gasteiger partial charge in [-0.25, -0.2) is 0 Å². The van der Waals surface area contributed by atoms with Crippen LogP contribution in [0.1, 0.15) is 15.9 Å². The van der Waals surface area contributed by atoms with E-state index in [-0.39, 0.29) is 5.91 Å². The normalized spacial score (nSPS) is 10.2. The highest BCUT2D eigenvalue weighted by Gasteiger charge is 2.06. The van der Waals surface area contributed by atoms with Gasteiger partial charge in [-0.05, 0) is 36.2 Å². The molecule has 0 aliphatic carbocycles. The van der Waals surface area contributed by atoms with Crippen LogP contribution in [0, 0.1) is 0 Å². The van der Waals surface area contributed by atoms with E-state index >= 15 is 0 Å². The molecule has 2 aromatic rings. The van der Waals surface area contributed by atoms with Gasteiger partial charge >= 0.3 is 0 Å². The van der Waals surface area contributed by atoms with E-state index in [1.54, 1.807) is 37.7 Å². The summed E-state index contributed by atoms with van der Waals surface area (Å²) in [5.41, 5.74) is 1.68. The predicted molar refractivity (Wildman–Crippen MR) is 84.1 cm³/mol. The van der Waals surface area contributed by atoms with Crippen LogP contribution in [0.3, 0.4) is 0 Å². The molecular weight excluding hydrogens is 280 g/mol. The lowest BCUT2D eigenvalue weighted by Crippen LogP contribution is -2.25. The van der Waals surface area contributed by atoms with Gasteiger partial charge in [0.25, 0.3) is 5.91 Å². The SMILES string of the molecule is COCCOc1cccc(C(=O)NCCc2cccnc2)c1. The molecule has 0 unspecified atom stereocenters. The van der Waals surface area contributed by atoms with Crippen molar-refractivity contribution in [3.05, 3.63) is 59.9 Å². The summed E-state index contributed by atoms with van der Waals surface area (Å²) in [5, 5.41) is 2.89. The first-order valence-electron chi connectivity index (χ1n) is 7.18. The van der Waals surface area contributed by atoms with Gasteiger partial charge in [-0.2, -0.15) is 0 Å². The van der Waals surface area contributed by atoms with E-state index in [9.17, 15) is 4.79 Å². The van der Waals surface area contributed by atoms with Crippen LogP contribution < -0.4 is 10.1 Å². The Morgan fingerprint density at radius 3 is 2.91 bits per heavy atom. The highest BCUT2D eigenvalue weighted by Crippen LogP contribution is 2.13. The molecule has 0 atom stereocenters. The summed E-state index contributed by atoms with van der Waals surface area (Å²) in [5.74, 6) is 0.554. The molecule has 1 aromatic heterocycles. The Labute approximate surface area is 130 Å². The summed E-state index contributed by atoms with van der Waals surface area (Å²) < 4.78 is 10.4. The highest BCUT2D eigenvalue weighted by molar-refractivity contribution is 5.94. The Kier molecular flexibility index (Phi) is 6.39. The topological polar surface area (TPSA) is 60.5 Å². The Hall–Kier alpha value is -2.40. The Balaban J connectivity index is 1.82. The first kappa shape index (κ1) is 16.0. The second-order valence-corrected chi connectivity index (χ2v) is 4.74. The molecule has 0 saturated heterocycles. The van der Waals surface area contributed by atoms with Gasteiger partial charge in [-0.15, -0.1) is 0 Å². The molecule has 5 heteroatoms. The number of rotatable bonds is 8. The van der Waals surface area contributed by atoms with E-state index in [0.717, 1.165) is 12.0 Å². The number of carbonyl (C=O) groups excluding carboxylic acids is 1. The van der Waals surface area contributed by atoms with Gasteiger partial charge in [0.1, 0.15) is 12.4 Å². The van der Waals surface area contributed by atoms with Crippen molar-refractivity contribution in [2.24, 2.45) is 0 Å². The molecule has 1 amide bonds. The summed E-state index contributed by atoms with van der Waals surface area (Å²) in [4.78, 5) is 16.2. The first-order valence-corrected chi connectivity index (χ1v) is 7.18. The van der Waals surface area contributed by atoms with E-state index in [2.05, 4.69) is 10.3 Å². The number of hydrogen-bond acceptors (Lipinski definition) is 4. The number of amides is 1. The standard InChI is InChI=1S/C17H20N2O3/c1-21-10-11-22-16-6-2-5-15(12-16)17(20)19-9-7-14-4-3-8-18-13-14/h2-6,8,12-13H,7,9-11H2,1H3,(H,19,20). The summed E-state index contributed by atoms with van der Waals surface area (Å²) >= 11 is 0. The van der Waals surface area contributed by atoms with Gasteiger partial charge in [0.05, 0.1) is 6.61 Å². The Morgan fingerprint density at radius 1 is 1.23 bits per heavy atom. The van der Waals surface area contributed by atoms with Gasteiger partial charge in [0.2, 0.25) is 0 Å². The number of methoxy groups -OCH3 is 1. The molecule has 2 rings (SSSR count). The molecule has 0 bridgehead atoms. The fourth-order valence-electron chi connectivity index (χ4n) is 1.94. The van der Waals surface area contributed by atoms with Crippen molar-refractivity contribution in [2.75, 3.05) is 26.9 Å². The number of nitrogens with one attached hydrogen (secondary N) is 1. The van der Waals surface area contributed by atoms with E-state index < -0.39 is 0 Å². The molecule has 1 N–H and O–H groups in total. The minimum absolute atomic E-state index is 0.110. The molecule has 0 aliphatic rings. The number of carbonyl (C=O) groups is 1. The van der Waals surface area contributed by atoms with Crippen LogP contribution in [0.15, 0.2) is 48.8 Å². The lowest BCUT2D eigenvalue weighted by Gasteiger charge is -2.08. The molecule has 0 fully saturated rings. The molecule has 0 saturated carbocycles. The van der Waals surface area contributed by atoms with E-state index in [1.807, 2.05) is 18.2 Å². The molecule has 22 heavy (non-hydrogen) atoms. The highest BCUT2D eigenvalue weighted by atomic mass is 16.5. The fraction of sp³-hybridized carbons (Fsp3) is 0.294. The number of pyridine rings is 1. The number of hydrogen-bond donors (Lipinski definition) is 1.